The molecule has 1 N–H and O–H groups in total. The van der Waals surface area contributed by atoms with E-state index < -0.39 is 3.92 Å². The minimum Gasteiger partial charge on any atom is -0.468 e. The monoisotopic (exact) mass is 351 g/mol. The average molecular weight is 351 g/mol. The van der Waals surface area contributed by atoms with E-state index in [1.54, 1.807) is 11.7 Å². The largest absolute Gasteiger partial charge is 0.468 e. The molecule has 6 nitrogen and oxygen atoms in total. The highest BCUT2D eigenvalue weighted by molar-refractivity contribution is 14.1. The lowest BCUT2D eigenvalue weighted by Crippen LogP contribution is -2.34. The van der Waals surface area contributed by atoms with Crippen LogP contribution in [0.2, 0.25) is 0 Å². The van der Waals surface area contributed by atoms with Crippen LogP contribution in [0.1, 0.15) is 16.1 Å². The first-order chi connectivity index (χ1) is 7.97. The van der Waals surface area contributed by atoms with Gasteiger partial charge in [0.25, 0.3) is 5.91 Å². The van der Waals surface area contributed by atoms with Crippen LogP contribution in [0, 0.1) is 6.92 Å². The Morgan fingerprint density at radius 1 is 1.65 bits per heavy atom. The lowest BCUT2D eigenvalue weighted by Gasteiger charge is -2.08. The molecule has 94 valence electrons. The summed E-state index contributed by atoms with van der Waals surface area (Å²) < 4.78 is 5.80. The van der Waals surface area contributed by atoms with Crippen molar-refractivity contribution < 1.29 is 14.3 Å². The van der Waals surface area contributed by atoms with E-state index in [1.165, 1.54) is 13.3 Å². The number of carbonyl (C=O) groups excluding carboxylic acids is 2. The highest BCUT2D eigenvalue weighted by Gasteiger charge is 2.18. The van der Waals surface area contributed by atoms with Crippen LogP contribution < -0.4 is 5.32 Å². The molecule has 7 heteroatoms. The summed E-state index contributed by atoms with van der Waals surface area (Å²) in [5, 5.41) is 6.65. The molecule has 1 heterocycles. The molecule has 1 rings (SSSR count). The maximum atomic E-state index is 11.8. The van der Waals surface area contributed by atoms with Gasteiger partial charge in [0.2, 0.25) is 0 Å². The van der Waals surface area contributed by atoms with Gasteiger partial charge in [-0.2, -0.15) is 5.10 Å². The number of nitrogens with one attached hydrogen (secondary N) is 1. The first-order valence-corrected chi connectivity index (χ1v) is 6.20. The Morgan fingerprint density at radius 2 is 2.29 bits per heavy atom. The molecule has 1 amide bonds. The normalized spacial score (nSPS) is 12.0. The van der Waals surface area contributed by atoms with Crippen molar-refractivity contribution in [2.45, 2.75) is 10.8 Å². The number of hydrogen-bond donors (Lipinski definition) is 1. The van der Waals surface area contributed by atoms with Crippen molar-refractivity contribution in [2.75, 3.05) is 13.7 Å². The molecule has 0 aliphatic carbocycles. The van der Waals surface area contributed by atoms with Crippen LogP contribution in [0.3, 0.4) is 0 Å². The predicted octanol–water partition coefficient (Wildman–Crippen LogP) is 0.435. The summed E-state index contributed by atoms with van der Waals surface area (Å²) >= 11 is 1.92. The zero-order valence-corrected chi connectivity index (χ0v) is 12.0. The second-order valence-electron chi connectivity index (χ2n) is 3.47. The van der Waals surface area contributed by atoms with Gasteiger partial charge in [0.05, 0.1) is 18.9 Å². The number of aryl methyl sites for hydroxylation is 1. The van der Waals surface area contributed by atoms with Crippen LogP contribution in [0.4, 0.5) is 0 Å². The molecular formula is C10H14IN3O3. The number of nitrogens with zero attached hydrogens (tertiary/aromatic N) is 2. The summed E-state index contributed by atoms with van der Waals surface area (Å²) in [5.41, 5.74) is 1.30. The maximum Gasteiger partial charge on any atom is 0.320 e. The Balaban J connectivity index is 2.56. The Labute approximate surface area is 113 Å². The summed E-state index contributed by atoms with van der Waals surface area (Å²) in [6.45, 7) is 2.05. The molecule has 0 aliphatic rings. The van der Waals surface area contributed by atoms with Gasteiger partial charge in [-0.05, 0) is 6.92 Å². The van der Waals surface area contributed by atoms with Crippen molar-refractivity contribution in [2.24, 2.45) is 7.05 Å². The third kappa shape index (κ3) is 3.42. The first-order valence-electron chi connectivity index (χ1n) is 4.96. The van der Waals surface area contributed by atoms with Crippen molar-refractivity contribution >= 4 is 34.5 Å². The van der Waals surface area contributed by atoms with Gasteiger partial charge in [-0.15, -0.1) is 0 Å². The van der Waals surface area contributed by atoms with Gasteiger partial charge in [-0.25, -0.2) is 0 Å². The molecule has 0 aliphatic heterocycles. The number of rotatable bonds is 4. The number of aromatic nitrogens is 2. The van der Waals surface area contributed by atoms with Crippen LogP contribution in [0.5, 0.6) is 0 Å². The third-order valence-electron chi connectivity index (χ3n) is 2.38. The van der Waals surface area contributed by atoms with E-state index in [-0.39, 0.29) is 18.4 Å². The van der Waals surface area contributed by atoms with Crippen molar-refractivity contribution in [3.63, 3.8) is 0 Å². The Morgan fingerprint density at radius 3 is 2.76 bits per heavy atom. The zero-order valence-electron chi connectivity index (χ0n) is 9.86. The Bertz CT molecular complexity index is 430. The number of halogens is 1. The van der Waals surface area contributed by atoms with Crippen LogP contribution in [0.25, 0.3) is 0 Å². The fraction of sp³-hybridized carbons (Fsp3) is 0.500. The molecule has 0 aromatic carbocycles. The quantitative estimate of drug-likeness (QED) is 0.485. The average Bonchev–Trinajstić information content (AvgIpc) is 2.65. The summed E-state index contributed by atoms with van der Waals surface area (Å²) in [6, 6.07) is 0. The molecule has 0 bridgehead atoms. The number of carbonyl (C=O) groups is 2. The zero-order chi connectivity index (χ0) is 13.0. The van der Waals surface area contributed by atoms with Crippen LogP contribution >= 0.6 is 22.6 Å². The molecule has 1 aromatic rings. The molecule has 0 spiro atoms. The SMILES string of the molecule is COC(=O)C(I)CNC(=O)c1cnn(C)c1C. The second-order valence-corrected chi connectivity index (χ2v) is 4.97. The van der Waals surface area contributed by atoms with Crippen LogP contribution in [0.15, 0.2) is 6.20 Å². The minimum absolute atomic E-state index is 0.235. The van der Waals surface area contributed by atoms with Gasteiger partial charge in [0, 0.05) is 19.3 Å². The lowest BCUT2D eigenvalue weighted by atomic mass is 10.2. The molecule has 1 aromatic heterocycles. The molecule has 0 saturated heterocycles. The highest BCUT2D eigenvalue weighted by atomic mass is 127. The highest BCUT2D eigenvalue weighted by Crippen LogP contribution is 2.06. The summed E-state index contributed by atoms with van der Waals surface area (Å²) in [5.74, 6) is -0.588. The van der Waals surface area contributed by atoms with Gasteiger partial charge in [0.15, 0.2) is 0 Å². The molecular weight excluding hydrogens is 337 g/mol. The number of esters is 1. The smallest absolute Gasteiger partial charge is 0.320 e. The molecule has 1 atom stereocenters. The fourth-order valence-corrected chi connectivity index (χ4v) is 1.68. The van der Waals surface area contributed by atoms with Crippen molar-refractivity contribution in [1.29, 1.82) is 0 Å². The lowest BCUT2D eigenvalue weighted by molar-refractivity contribution is -0.139. The summed E-state index contributed by atoms with van der Waals surface area (Å²) in [4.78, 5) is 22.9. The number of hydrogen-bond acceptors (Lipinski definition) is 4. The Kier molecular flexibility index (Phi) is 4.91. The molecule has 1 unspecified atom stereocenters. The van der Waals surface area contributed by atoms with E-state index in [2.05, 4.69) is 15.2 Å². The van der Waals surface area contributed by atoms with Gasteiger partial charge < -0.3 is 10.1 Å². The first kappa shape index (κ1) is 13.9. The number of alkyl halides is 1. The minimum atomic E-state index is -0.390. The summed E-state index contributed by atoms with van der Waals surface area (Å²) in [7, 11) is 3.09. The molecule has 0 saturated carbocycles. The van der Waals surface area contributed by atoms with Gasteiger partial charge in [0.1, 0.15) is 3.92 Å². The van der Waals surface area contributed by atoms with Crippen LogP contribution in [-0.4, -0.2) is 39.2 Å². The van der Waals surface area contributed by atoms with E-state index in [1.807, 2.05) is 29.5 Å². The number of methoxy groups -OCH3 is 1. The van der Waals surface area contributed by atoms with E-state index >= 15 is 0 Å². The van der Waals surface area contributed by atoms with E-state index in [0.717, 1.165) is 5.69 Å². The molecule has 0 fully saturated rings. The van der Waals surface area contributed by atoms with Crippen molar-refractivity contribution in [3.8, 4) is 0 Å². The fourth-order valence-electron chi connectivity index (χ4n) is 1.21. The second kappa shape index (κ2) is 5.99. The van der Waals surface area contributed by atoms with E-state index in [9.17, 15) is 9.59 Å². The van der Waals surface area contributed by atoms with Gasteiger partial charge in [-0.1, -0.05) is 22.6 Å². The molecule has 17 heavy (non-hydrogen) atoms. The van der Waals surface area contributed by atoms with Crippen molar-refractivity contribution in [1.82, 2.24) is 15.1 Å². The number of ether oxygens (including phenoxy) is 1. The number of amides is 1. The predicted molar refractivity (Wildman–Crippen MR) is 70.1 cm³/mol. The topological polar surface area (TPSA) is 73.2 Å². The maximum absolute atomic E-state index is 11.8. The molecule has 0 radical (unpaired) electrons. The van der Waals surface area contributed by atoms with E-state index in [4.69, 9.17) is 0 Å². The summed E-state index contributed by atoms with van der Waals surface area (Å²) in [6.07, 6.45) is 1.50. The van der Waals surface area contributed by atoms with Crippen molar-refractivity contribution in [3.05, 3.63) is 17.5 Å². The standard InChI is InChI=1S/C10H14IN3O3/c1-6-7(4-13-14(6)2)9(15)12-5-8(11)10(16)17-3/h4,8H,5H2,1-3H3,(H,12,15). The van der Waals surface area contributed by atoms with E-state index in [0.29, 0.717) is 5.56 Å². The third-order valence-corrected chi connectivity index (χ3v) is 3.33. The van der Waals surface area contributed by atoms with Crippen LogP contribution in [-0.2, 0) is 16.6 Å². The van der Waals surface area contributed by atoms with Gasteiger partial charge >= 0.3 is 5.97 Å². The Hall–Kier alpha value is -1.12. The van der Waals surface area contributed by atoms with Gasteiger partial charge in [-0.3, -0.25) is 14.3 Å².